The summed E-state index contributed by atoms with van der Waals surface area (Å²) in [5, 5.41) is 6.89. The molecule has 0 aromatic heterocycles. The van der Waals surface area contributed by atoms with Crippen LogP contribution in [-0.2, 0) is 17.6 Å². The predicted octanol–water partition coefficient (Wildman–Crippen LogP) is 2.27. The van der Waals surface area contributed by atoms with Crippen LogP contribution in [-0.4, -0.2) is 11.6 Å². The van der Waals surface area contributed by atoms with E-state index in [-0.39, 0.29) is 6.47 Å². The molecular formula is C11H14O2. The highest BCUT2D eigenvalue weighted by molar-refractivity contribution is 5.32. The molecular weight excluding hydrogens is 164 g/mol. The van der Waals surface area contributed by atoms with Gasteiger partial charge in [0.05, 0.1) is 0 Å². The van der Waals surface area contributed by atoms with Crippen LogP contribution < -0.4 is 0 Å². The van der Waals surface area contributed by atoms with Gasteiger partial charge in [-0.3, -0.25) is 4.79 Å². The maximum absolute atomic E-state index is 8.36. The van der Waals surface area contributed by atoms with Gasteiger partial charge in [-0.1, -0.05) is 24.3 Å². The zero-order chi connectivity index (χ0) is 9.52. The Morgan fingerprint density at radius 1 is 1.08 bits per heavy atom. The highest BCUT2D eigenvalue weighted by atomic mass is 16.3. The third-order valence-electron chi connectivity index (χ3n) is 2.26. The van der Waals surface area contributed by atoms with Gasteiger partial charge in [0.15, 0.2) is 0 Å². The summed E-state index contributed by atoms with van der Waals surface area (Å²) in [6.45, 7) is -0.250. The third kappa shape index (κ3) is 2.90. The lowest BCUT2D eigenvalue weighted by Crippen LogP contribution is -2.00. The van der Waals surface area contributed by atoms with Gasteiger partial charge in [0.1, 0.15) is 0 Å². The normalized spacial score (nSPS) is 13.5. The van der Waals surface area contributed by atoms with Crippen molar-refractivity contribution in [3.63, 3.8) is 0 Å². The van der Waals surface area contributed by atoms with Gasteiger partial charge in [-0.2, -0.15) is 0 Å². The summed E-state index contributed by atoms with van der Waals surface area (Å²) in [5.74, 6) is 0. The van der Waals surface area contributed by atoms with Gasteiger partial charge in [0.2, 0.25) is 0 Å². The van der Waals surface area contributed by atoms with Gasteiger partial charge >= 0.3 is 0 Å². The zero-order valence-electron chi connectivity index (χ0n) is 7.57. The lowest BCUT2D eigenvalue weighted by Gasteiger charge is -2.13. The van der Waals surface area contributed by atoms with E-state index >= 15 is 0 Å². The largest absolute Gasteiger partial charge is 0.483 e. The van der Waals surface area contributed by atoms with Gasteiger partial charge in [-0.05, 0) is 36.8 Å². The second-order valence-electron chi connectivity index (χ2n) is 3.08. The summed E-state index contributed by atoms with van der Waals surface area (Å²) in [7, 11) is 0. The first kappa shape index (κ1) is 9.78. The van der Waals surface area contributed by atoms with Crippen molar-refractivity contribution in [2.75, 3.05) is 0 Å². The molecule has 0 amide bonds. The Kier molecular flexibility index (Phi) is 4.03. The number of carbonyl (C=O) groups is 1. The van der Waals surface area contributed by atoms with Crippen molar-refractivity contribution >= 4 is 6.47 Å². The summed E-state index contributed by atoms with van der Waals surface area (Å²) in [5.41, 5.74) is 3.16. The van der Waals surface area contributed by atoms with Crippen molar-refractivity contribution in [3.05, 3.63) is 35.4 Å². The summed E-state index contributed by atoms with van der Waals surface area (Å²) >= 11 is 0. The first-order valence-electron chi connectivity index (χ1n) is 4.53. The van der Waals surface area contributed by atoms with Crippen LogP contribution in [0, 0.1) is 0 Å². The zero-order valence-corrected chi connectivity index (χ0v) is 7.57. The smallest absolute Gasteiger partial charge is 0.290 e. The van der Waals surface area contributed by atoms with Crippen molar-refractivity contribution < 1.29 is 9.90 Å². The standard InChI is InChI=1S/C10H12.CH2O2/c1-2-6-10-8-4-3-7-9(10)5-1;2-1-3/h1-2,5-6H,3-4,7-8H2;1H,(H,2,3). The highest BCUT2D eigenvalue weighted by Crippen LogP contribution is 2.19. The van der Waals surface area contributed by atoms with Crippen LogP contribution in [0.25, 0.3) is 0 Å². The fourth-order valence-corrected chi connectivity index (χ4v) is 1.68. The number of hydrogen-bond donors (Lipinski definition) is 1. The average Bonchev–Trinajstić information content (AvgIpc) is 2.19. The monoisotopic (exact) mass is 178 g/mol. The van der Waals surface area contributed by atoms with Gasteiger partial charge < -0.3 is 5.11 Å². The quantitative estimate of drug-likeness (QED) is 0.619. The fraction of sp³-hybridized carbons (Fsp3) is 0.364. The van der Waals surface area contributed by atoms with Crippen molar-refractivity contribution in [2.24, 2.45) is 0 Å². The van der Waals surface area contributed by atoms with Crippen LogP contribution >= 0.6 is 0 Å². The SMILES string of the molecule is O=CO.c1ccc2c(c1)CCCC2. The first-order valence-corrected chi connectivity index (χ1v) is 4.53. The van der Waals surface area contributed by atoms with E-state index in [4.69, 9.17) is 9.90 Å². The van der Waals surface area contributed by atoms with E-state index in [1.807, 2.05) is 0 Å². The van der Waals surface area contributed by atoms with E-state index in [0.29, 0.717) is 0 Å². The van der Waals surface area contributed by atoms with Crippen LogP contribution in [0.1, 0.15) is 24.0 Å². The fourth-order valence-electron chi connectivity index (χ4n) is 1.68. The van der Waals surface area contributed by atoms with Gasteiger partial charge in [0.25, 0.3) is 6.47 Å². The van der Waals surface area contributed by atoms with Gasteiger partial charge in [0, 0.05) is 0 Å². The summed E-state index contributed by atoms with van der Waals surface area (Å²) in [6, 6.07) is 8.80. The van der Waals surface area contributed by atoms with E-state index in [1.165, 1.54) is 25.7 Å². The number of hydrogen-bond acceptors (Lipinski definition) is 1. The maximum atomic E-state index is 8.36. The molecule has 1 aliphatic carbocycles. The molecule has 0 heterocycles. The molecule has 0 spiro atoms. The lowest BCUT2D eigenvalue weighted by atomic mass is 9.92. The average molecular weight is 178 g/mol. The Morgan fingerprint density at radius 2 is 1.46 bits per heavy atom. The summed E-state index contributed by atoms with van der Waals surface area (Å²) in [4.78, 5) is 8.36. The van der Waals surface area contributed by atoms with Crippen molar-refractivity contribution in [1.29, 1.82) is 0 Å². The maximum Gasteiger partial charge on any atom is 0.290 e. The molecule has 13 heavy (non-hydrogen) atoms. The minimum absolute atomic E-state index is 0.250. The van der Waals surface area contributed by atoms with Crippen LogP contribution in [0.15, 0.2) is 24.3 Å². The Hall–Kier alpha value is -1.31. The summed E-state index contributed by atoms with van der Waals surface area (Å²) < 4.78 is 0. The van der Waals surface area contributed by atoms with Crippen LogP contribution in [0.3, 0.4) is 0 Å². The molecule has 1 N–H and O–H groups in total. The Morgan fingerprint density at radius 3 is 1.85 bits per heavy atom. The number of fused-ring (bicyclic) bond motifs is 1. The van der Waals surface area contributed by atoms with E-state index in [1.54, 1.807) is 11.1 Å². The molecule has 0 saturated heterocycles. The topological polar surface area (TPSA) is 37.3 Å². The van der Waals surface area contributed by atoms with Crippen LogP contribution in [0.2, 0.25) is 0 Å². The van der Waals surface area contributed by atoms with Crippen molar-refractivity contribution in [1.82, 2.24) is 0 Å². The second-order valence-corrected chi connectivity index (χ2v) is 3.08. The predicted molar refractivity (Wildman–Crippen MR) is 51.8 cm³/mol. The van der Waals surface area contributed by atoms with Crippen LogP contribution in [0.4, 0.5) is 0 Å². The van der Waals surface area contributed by atoms with Crippen molar-refractivity contribution in [3.8, 4) is 0 Å². The Balaban J connectivity index is 0.000000251. The number of benzene rings is 1. The highest BCUT2D eigenvalue weighted by Gasteiger charge is 2.05. The molecule has 2 heteroatoms. The molecule has 0 radical (unpaired) electrons. The molecule has 2 rings (SSSR count). The van der Waals surface area contributed by atoms with Crippen molar-refractivity contribution in [2.45, 2.75) is 25.7 Å². The third-order valence-corrected chi connectivity index (χ3v) is 2.26. The lowest BCUT2D eigenvalue weighted by molar-refractivity contribution is -0.122. The van der Waals surface area contributed by atoms with Gasteiger partial charge in [-0.15, -0.1) is 0 Å². The summed E-state index contributed by atoms with van der Waals surface area (Å²) in [6.07, 6.45) is 5.38. The molecule has 0 unspecified atom stereocenters. The number of aryl methyl sites for hydroxylation is 2. The molecule has 1 aliphatic rings. The molecule has 70 valence electrons. The number of rotatable bonds is 0. The van der Waals surface area contributed by atoms with E-state index in [0.717, 1.165) is 0 Å². The molecule has 1 aromatic rings. The first-order chi connectivity index (χ1) is 6.38. The van der Waals surface area contributed by atoms with E-state index < -0.39 is 0 Å². The Labute approximate surface area is 78.2 Å². The number of carboxylic acid groups (broad SMARTS) is 1. The minimum atomic E-state index is -0.250. The van der Waals surface area contributed by atoms with Crippen LogP contribution in [0.5, 0.6) is 0 Å². The van der Waals surface area contributed by atoms with E-state index in [2.05, 4.69) is 24.3 Å². The molecule has 0 bridgehead atoms. The van der Waals surface area contributed by atoms with Gasteiger partial charge in [-0.25, -0.2) is 0 Å². The second kappa shape index (κ2) is 5.36. The minimum Gasteiger partial charge on any atom is -0.483 e. The Bertz CT molecular complexity index is 244. The molecule has 0 fully saturated rings. The molecule has 2 nitrogen and oxygen atoms in total. The molecule has 0 saturated carbocycles. The molecule has 1 aromatic carbocycles. The molecule has 0 atom stereocenters. The van der Waals surface area contributed by atoms with E-state index in [9.17, 15) is 0 Å². The molecule has 0 aliphatic heterocycles.